The number of primary amides is 1. The van der Waals surface area contributed by atoms with Gasteiger partial charge in [-0.05, 0) is 25.7 Å². The Morgan fingerprint density at radius 3 is 1.50 bits per heavy atom. The van der Waals surface area contributed by atoms with Crippen LogP contribution in [0.5, 0.6) is 0 Å². The molecule has 0 unspecified atom stereocenters. The van der Waals surface area contributed by atoms with Crippen LogP contribution < -0.4 is 5.73 Å². The lowest BCUT2D eigenvalue weighted by Crippen LogP contribution is -2.11. The van der Waals surface area contributed by atoms with Gasteiger partial charge in [0.15, 0.2) is 0 Å². The highest BCUT2D eigenvalue weighted by molar-refractivity contribution is 5.78. The molecule has 3 N–H and O–H groups in total. The summed E-state index contributed by atoms with van der Waals surface area (Å²) in [5, 5.41) is 8.05. The molecule has 0 heterocycles. The lowest BCUT2D eigenvalue weighted by molar-refractivity contribution is -0.138. The molecule has 0 aromatic heterocycles. The van der Waals surface area contributed by atoms with Crippen molar-refractivity contribution in [2.75, 3.05) is 0 Å². The highest BCUT2D eigenvalue weighted by Crippen LogP contribution is 2.28. The van der Waals surface area contributed by atoms with Gasteiger partial charge in [0.1, 0.15) is 0 Å². The van der Waals surface area contributed by atoms with Crippen molar-refractivity contribution in [2.45, 2.75) is 25.7 Å². The second kappa shape index (κ2) is 3.56. The first-order chi connectivity index (χ1) is 5.61. The predicted molar refractivity (Wildman–Crippen MR) is 42.3 cm³/mol. The smallest absolute Gasteiger partial charge is 0.306 e. The van der Waals surface area contributed by atoms with Crippen LogP contribution in [-0.2, 0) is 9.59 Å². The van der Waals surface area contributed by atoms with E-state index in [1.165, 1.54) is 0 Å². The van der Waals surface area contributed by atoms with Gasteiger partial charge in [0.05, 0.1) is 5.92 Å². The number of hydrogen-bond donors (Lipinski definition) is 2. The summed E-state index contributed by atoms with van der Waals surface area (Å²) in [7, 11) is 0. The maximum atomic E-state index is 9.98. The van der Waals surface area contributed by atoms with Crippen LogP contribution in [0.1, 0.15) is 25.7 Å². The van der Waals surface area contributed by atoms with Crippen molar-refractivity contribution in [2.24, 2.45) is 17.6 Å². The highest BCUT2D eigenvalue weighted by atomic mass is 16.4. The molecule has 0 atom stereocenters. The lowest BCUT2D eigenvalue weighted by atomic mass is 10.4. The van der Waals surface area contributed by atoms with E-state index >= 15 is 0 Å². The zero-order valence-corrected chi connectivity index (χ0v) is 6.82. The average molecular weight is 171 g/mol. The molecule has 0 bridgehead atoms. The number of rotatable bonds is 2. The lowest BCUT2D eigenvalue weighted by Gasteiger charge is -1.77. The number of carboxylic acids is 1. The summed E-state index contributed by atoms with van der Waals surface area (Å²) in [6, 6.07) is 0. The molecule has 0 aromatic rings. The normalized spacial score (nSPS) is 20.7. The third kappa shape index (κ3) is 3.37. The van der Waals surface area contributed by atoms with Gasteiger partial charge in [-0.2, -0.15) is 0 Å². The summed E-state index contributed by atoms with van der Waals surface area (Å²) in [6.45, 7) is 0. The summed E-state index contributed by atoms with van der Waals surface area (Å²) >= 11 is 0. The van der Waals surface area contributed by atoms with Gasteiger partial charge in [-0.1, -0.05) is 0 Å². The Balaban J connectivity index is 0.000000120. The molecule has 2 aliphatic rings. The highest BCUT2D eigenvalue weighted by Gasteiger charge is 2.28. The summed E-state index contributed by atoms with van der Waals surface area (Å²) in [5.41, 5.74) is 4.86. The van der Waals surface area contributed by atoms with Crippen molar-refractivity contribution in [3.8, 4) is 0 Å². The Morgan fingerprint density at radius 1 is 1.08 bits per heavy atom. The summed E-state index contributed by atoms with van der Waals surface area (Å²) < 4.78 is 0. The molecule has 12 heavy (non-hydrogen) atoms. The summed E-state index contributed by atoms with van der Waals surface area (Å²) in [4.78, 5) is 19.7. The molecule has 0 aliphatic heterocycles. The van der Waals surface area contributed by atoms with Crippen LogP contribution in [0, 0.1) is 11.8 Å². The van der Waals surface area contributed by atoms with Crippen molar-refractivity contribution >= 4 is 11.9 Å². The van der Waals surface area contributed by atoms with Crippen molar-refractivity contribution in [3.05, 3.63) is 0 Å². The fourth-order valence-electron chi connectivity index (χ4n) is 0.698. The van der Waals surface area contributed by atoms with Gasteiger partial charge in [0, 0.05) is 5.92 Å². The maximum Gasteiger partial charge on any atom is 0.306 e. The fraction of sp³-hybridized carbons (Fsp3) is 0.750. The van der Waals surface area contributed by atoms with Crippen LogP contribution in [0.4, 0.5) is 0 Å². The molecule has 0 radical (unpaired) electrons. The molecule has 4 nitrogen and oxygen atoms in total. The molecule has 2 fully saturated rings. The van der Waals surface area contributed by atoms with E-state index in [2.05, 4.69) is 0 Å². The van der Waals surface area contributed by atoms with Gasteiger partial charge in [-0.3, -0.25) is 9.59 Å². The van der Waals surface area contributed by atoms with Crippen LogP contribution >= 0.6 is 0 Å². The molecular formula is C8H13NO3. The molecule has 0 saturated heterocycles. The number of carboxylic acid groups (broad SMARTS) is 1. The number of nitrogens with two attached hydrogens (primary N) is 1. The van der Waals surface area contributed by atoms with Crippen LogP contribution in [0.3, 0.4) is 0 Å². The third-order valence-corrected chi connectivity index (χ3v) is 1.91. The minimum Gasteiger partial charge on any atom is -0.481 e. The van der Waals surface area contributed by atoms with Gasteiger partial charge in [-0.15, -0.1) is 0 Å². The van der Waals surface area contributed by atoms with Crippen LogP contribution in [0.15, 0.2) is 0 Å². The number of carbonyl (C=O) groups is 2. The van der Waals surface area contributed by atoms with Crippen LogP contribution in [0.25, 0.3) is 0 Å². The van der Waals surface area contributed by atoms with E-state index in [4.69, 9.17) is 10.8 Å². The molecule has 2 saturated carbocycles. The zero-order valence-electron chi connectivity index (χ0n) is 6.82. The van der Waals surface area contributed by atoms with E-state index < -0.39 is 5.97 Å². The third-order valence-electron chi connectivity index (χ3n) is 1.91. The molecule has 1 amide bonds. The first-order valence-electron chi connectivity index (χ1n) is 4.13. The average Bonchev–Trinajstić information content (AvgIpc) is 2.85. The molecular weight excluding hydrogens is 158 g/mol. The van der Waals surface area contributed by atoms with E-state index in [0.717, 1.165) is 25.7 Å². The topological polar surface area (TPSA) is 80.4 Å². The van der Waals surface area contributed by atoms with Crippen molar-refractivity contribution in [3.63, 3.8) is 0 Å². The summed E-state index contributed by atoms with van der Waals surface area (Å²) in [6.07, 6.45) is 3.84. The Morgan fingerprint density at radius 2 is 1.50 bits per heavy atom. The largest absolute Gasteiger partial charge is 0.481 e. The van der Waals surface area contributed by atoms with Crippen molar-refractivity contribution in [1.29, 1.82) is 0 Å². The fourth-order valence-corrected chi connectivity index (χ4v) is 0.698. The molecule has 2 aliphatic carbocycles. The van der Waals surface area contributed by atoms with Crippen LogP contribution in [0.2, 0.25) is 0 Å². The monoisotopic (exact) mass is 171 g/mol. The van der Waals surface area contributed by atoms with E-state index in [1.807, 2.05) is 0 Å². The SMILES string of the molecule is NC(=O)C1CC1.O=C(O)C1CC1. The van der Waals surface area contributed by atoms with Gasteiger partial charge in [0.2, 0.25) is 5.91 Å². The maximum absolute atomic E-state index is 9.98. The quantitative estimate of drug-likeness (QED) is 0.629. The molecule has 2 rings (SSSR count). The number of carbonyl (C=O) groups excluding carboxylic acids is 1. The van der Waals surface area contributed by atoms with Gasteiger partial charge < -0.3 is 10.8 Å². The predicted octanol–water partition coefficient (Wildman–Crippen LogP) is 0.363. The number of hydrogen-bond acceptors (Lipinski definition) is 2. The minimum atomic E-state index is -0.630. The second-order valence-electron chi connectivity index (χ2n) is 3.29. The van der Waals surface area contributed by atoms with Gasteiger partial charge in [0.25, 0.3) is 0 Å². The molecule has 4 heteroatoms. The number of aliphatic carboxylic acids is 1. The molecule has 0 aromatic carbocycles. The Hall–Kier alpha value is -1.06. The Bertz CT molecular complexity index is 172. The van der Waals surface area contributed by atoms with Crippen molar-refractivity contribution in [1.82, 2.24) is 0 Å². The van der Waals surface area contributed by atoms with Gasteiger partial charge >= 0.3 is 5.97 Å². The second-order valence-corrected chi connectivity index (χ2v) is 3.29. The number of amides is 1. The standard InChI is InChI=1S/C4H7NO.C4H6O2/c2*5-4(6)3-1-2-3/h3H,1-2H2,(H2,5,6);3H,1-2H2,(H,5,6). The van der Waals surface area contributed by atoms with Gasteiger partial charge in [-0.25, -0.2) is 0 Å². The minimum absolute atomic E-state index is 0.0185. The molecule has 68 valence electrons. The Labute approximate surface area is 70.7 Å². The zero-order chi connectivity index (χ0) is 9.14. The van der Waals surface area contributed by atoms with E-state index in [0.29, 0.717) is 0 Å². The van der Waals surface area contributed by atoms with E-state index in [-0.39, 0.29) is 17.7 Å². The first kappa shape index (κ1) is 9.03. The Kier molecular flexibility index (Phi) is 2.68. The molecule has 0 spiro atoms. The summed E-state index contributed by atoms with van der Waals surface area (Å²) in [5.74, 6) is -0.500. The van der Waals surface area contributed by atoms with Crippen molar-refractivity contribution < 1.29 is 14.7 Å². The van der Waals surface area contributed by atoms with Crippen LogP contribution in [-0.4, -0.2) is 17.0 Å². The van der Waals surface area contributed by atoms with E-state index in [9.17, 15) is 9.59 Å². The first-order valence-corrected chi connectivity index (χ1v) is 4.13. The van der Waals surface area contributed by atoms with E-state index in [1.54, 1.807) is 0 Å².